The van der Waals surface area contributed by atoms with Crippen molar-refractivity contribution in [2.45, 2.75) is 20.0 Å². The molecule has 1 aliphatic rings. The fraction of sp³-hybridized carbons (Fsp3) is 0.148. The first-order chi connectivity index (χ1) is 17.7. The predicted molar refractivity (Wildman–Crippen MR) is 152 cm³/mol. The molecule has 3 amide bonds. The molecule has 190 valence electrons. The molecule has 3 aromatic carbocycles. The Labute approximate surface area is 237 Å². The van der Waals surface area contributed by atoms with Gasteiger partial charge in [0.25, 0.3) is 11.1 Å². The minimum atomic E-state index is -0.514. The van der Waals surface area contributed by atoms with Gasteiger partial charge in [-0.25, -0.2) is 0 Å². The van der Waals surface area contributed by atoms with Crippen molar-refractivity contribution in [1.29, 1.82) is 0 Å². The molecule has 6 nitrogen and oxygen atoms in total. The second-order valence-electron chi connectivity index (χ2n) is 8.08. The number of aryl methyl sites for hydroxylation is 1. The van der Waals surface area contributed by atoms with Crippen molar-refractivity contribution in [3.05, 3.63) is 96.8 Å². The van der Waals surface area contributed by atoms with Crippen LogP contribution >= 0.6 is 50.9 Å². The Balaban J connectivity index is 1.38. The highest BCUT2D eigenvalue weighted by molar-refractivity contribution is 9.10. The smallest absolute Gasteiger partial charge is 0.294 e. The van der Waals surface area contributed by atoms with E-state index in [4.69, 9.17) is 27.9 Å². The van der Waals surface area contributed by atoms with Crippen molar-refractivity contribution >= 4 is 79.7 Å². The number of thioether (sulfide) groups is 1. The van der Waals surface area contributed by atoms with E-state index >= 15 is 0 Å². The second kappa shape index (κ2) is 12.2. The summed E-state index contributed by atoms with van der Waals surface area (Å²) in [7, 11) is 0. The summed E-state index contributed by atoms with van der Waals surface area (Å²) in [6.07, 6.45) is 2.50. The maximum absolute atomic E-state index is 12.8. The van der Waals surface area contributed by atoms with Crippen molar-refractivity contribution in [2.24, 2.45) is 0 Å². The van der Waals surface area contributed by atoms with Gasteiger partial charge in [0.15, 0.2) is 0 Å². The molecule has 0 spiro atoms. The Morgan fingerprint density at radius 1 is 1.08 bits per heavy atom. The van der Waals surface area contributed by atoms with E-state index in [0.717, 1.165) is 34.2 Å². The summed E-state index contributed by atoms with van der Waals surface area (Å²) < 4.78 is 6.52. The molecule has 37 heavy (non-hydrogen) atoms. The van der Waals surface area contributed by atoms with Crippen molar-refractivity contribution in [3.63, 3.8) is 0 Å². The summed E-state index contributed by atoms with van der Waals surface area (Å²) in [5, 5.41) is 3.29. The van der Waals surface area contributed by atoms with Crippen molar-refractivity contribution in [2.75, 3.05) is 11.9 Å². The van der Waals surface area contributed by atoms with Gasteiger partial charge in [-0.05, 0) is 87.7 Å². The number of nitrogens with one attached hydrogen (secondary N) is 1. The fourth-order valence-electron chi connectivity index (χ4n) is 3.47. The van der Waals surface area contributed by atoms with Gasteiger partial charge in [-0.3, -0.25) is 19.3 Å². The molecule has 1 heterocycles. The highest BCUT2D eigenvalue weighted by Gasteiger charge is 2.36. The molecule has 0 aliphatic carbocycles. The van der Waals surface area contributed by atoms with Crippen molar-refractivity contribution < 1.29 is 19.1 Å². The van der Waals surface area contributed by atoms with E-state index in [0.29, 0.717) is 31.5 Å². The molecule has 1 saturated heterocycles. The number of benzene rings is 3. The predicted octanol–water partition coefficient (Wildman–Crippen LogP) is 7.57. The third-order valence-electron chi connectivity index (χ3n) is 5.47. The van der Waals surface area contributed by atoms with Crippen LogP contribution in [0, 0.1) is 0 Å². The molecular formula is C27H21BrCl2N2O4S. The largest absolute Gasteiger partial charge is 0.488 e. The zero-order valence-electron chi connectivity index (χ0n) is 19.6. The van der Waals surface area contributed by atoms with Crippen molar-refractivity contribution in [1.82, 2.24) is 4.90 Å². The number of carbonyl (C=O) groups excluding carboxylic acids is 3. The third-order valence-corrected chi connectivity index (χ3v) is 7.59. The molecule has 10 heteroatoms. The minimum absolute atomic E-state index is 0.235. The molecule has 0 aromatic heterocycles. The first-order valence-electron chi connectivity index (χ1n) is 11.2. The van der Waals surface area contributed by atoms with Crippen LogP contribution in [0.1, 0.15) is 23.6 Å². The van der Waals surface area contributed by atoms with Gasteiger partial charge in [0.05, 0.1) is 9.38 Å². The van der Waals surface area contributed by atoms with E-state index in [-0.39, 0.29) is 18.1 Å². The molecule has 3 aromatic rings. The van der Waals surface area contributed by atoms with Gasteiger partial charge in [-0.1, -0.05) is 54.4 Å². The highest BCUT2D eigenvalue weighted by Crippen LogP contribution is 2.34. The number of nitrogens with zero attached hydrogens (tertiary/aromatic N) is 1. The van der Waals surface area contributed by atoms with Crippen LogP contribution in [0.15, 0.2) is 70.0 Å². The normalized spacial score (nSPS) is 14.4. The van der Waals surface area contributed by atoms with Crippen LogP contribution in [0.25, 0.3) is 6.08 Å². The van der Waals surface area contributed by atoms with Gasteiger partial charge in [0, 0.05) is 21.3 Å². The monoisotopic (exact) mass is 618 g/mol. The lowest BCUT2D eigenvalue weighted by atomic mass is 10.1. The molecule has 0 unspecified atom stereocenters. The molecule has 0 radical (unpaired) electrons. The molecular weight excluding hydrogens is 599 g/mol. The van der Waals surface area contributed by atoms with Crippen molar-refractivity contribution in [3.8, 4) is 5.75 Å². The second-order valence-corrected chi connectivity index (χ2v) is 10.8. The summed E-state index contributed by atoms with van der Waals surface area (Å²) in [5.74, 6) is -0.377. The number of anilines is 1. The van der Waals surface area contributed by atoms with E-state index in [9.17, 15) is 14.4 Å². The number of hydrogen-bond acceptors (Lipinski definition) is 5. The van der Waals surface area contributed by atoms with Gasteiger partial charge in [0.2, 0.25) is 5.91 Å². The fourth-order valence-corrected chi connectivity index (χ4v) is 5.29. The number of imide groups is 1. The van der Waals surface area contributed by atoms with Crippen LogP contribution in [0.3, 0.4) is 0 Å². The van der Waals surface area contributed by atoms with E-state index in [1.165, 1.54) is 0 Å². The molecule has 4 rings (SSSR count). The van der Waals surface area contributed by atoms with Gasteiger partial charge in [-0.2, -0.15) is 0 Å². The average molecular weight is 620 g/mol. The first kappa shape index (κ1) is 27.3. The van der Waals surface area contributed by atoms with Crippen LogP contribution in [-0.4, -0.2) is 28.5 Å². The number of carbonyl (C=O) groups is 3. The van der Waals surface area contributed by atoms with E-state index in [1.54, 1.807) is 54.6 Å². The summed E-state index contributed by atoms with van der Waals surface area (Å²) in [6.45, 7) is 1.93. The number of ether oxygens (including phenoxy) is 1. The maximum Gasteiger partial charge on any atom is 0.294 e. The molecule has 0 saturated carbocycles. The summed E-state index contributed by atoms with van der Waals surface area (Å²) >= 11 is 16.4. The first-order valence-corrected chi connectivity index (χ1v) is 13.6. The number of amides is 3. The Kier molecular flexibility index (Phi) is 8.97. The molecule has 1 aliphatic heterocycles. The van der Waals surface area contributed by atoms with E-state index < -0.39 is 17.1 Å². The molecule has 1 fully saturated rings. The highest BCUT2D eigenvalue weighted by atomic mass is 79.9. The van der Waals surface area contributed by atoms with Crippen LogP contribution in [0.5, 0.6) is 5.75 Å². The Morgan fingerprint density at radius 3 is 2.51 bits per heavy atom. The van der Waals surface area contributed by atoms with Gasteiger partial charge >= 0.3 is 0 Å². The minimum Gasteiger partial charge on any atom is -0.488 e. The van der Waals surface area contributed by atoms with Crippen LogP contribution in [0.4, 0.5) is 10.5 Å². The summed E-state index contributed by atoms with van der Waals surface area (Å²) in [5.41, 5.74) is 3.23. The summed E-state index contributed by atoms with van der Waals surface area (Å²) in [6, 6.07) is 17.9. The molecule has 0 atom stereocenters. The topological polar surface area (TPSA) is 75.7 Å². The lowest BCUT2D eigenvalue weighted by Crippen LogP contribution is -2.36. The lowest BCUT2D eigenvalue weighted by Gasteiger charge is -2.12. The maximum atomic E-state index is 12.8. The number of hydrogen-bond donors (Lipinski definition) is 1. The van der Waals surface area contributed by atoms with Crippen LogP contribution in [0.2, 0.25) is 10.0 Å². The van der Waals surface area contributed by atoms with E-state index in [1.807, 2.05) is 19.1 Å². The molecule has 1 N–H and O–H groups in total. The zero-order valence-corrected chi connectivity index (χ0v) is 23.5. The average Bonchev–Trinajstić information content (AvgIpc) is 3.12. The zero-order chi connectivity index (χ0) is 26.5. The standard InChI is InChI=1S/C27H21BrCl2N2O4S/c1-2-16-3-8-20(9-4-16)31-25(33)14-32-26(34)24(37-27(32)35)12-17-5-10-23(21(28)11-17)36-15-18-6-7-19(29)13-22(18)30/h3-13H,2,14-15H2,1H3,(H,31,33)/b24-12+. The van der Waals surface area contributed by atoms with Crippen LogP contribution < -0.4 is 10.1 Å². The van der Waals surface area contributed by atoms with Gasteiger partial charge in [0.1, 0.15) is 18.9 Å². The number of halogens is 3. The van der Waals surface area contributed by atoms with E-state index in [2.05, 4.69) is 21.2 Å². The Hall–Kier alpha value is -2.78. The quantitative estimate of drug-likeness (QED) is 0.263. The van der Waals surface area contributed by atoms with Crippen LogP contribution in [-0.2, 0) is 22.6 Å². The lowest BCUT2D eigenvalue weighted by molar-refractivity contribution is -0.127. The number of rotatable bonds is 8. The SMILES string of the molecule is CCc1ccc(NC(=O)CN2C(=O)S/C(=C/c3ccc(OCc4ccc(Cl)cc4Cl)c(Br)c3)C2=O)cc1. The van der Waals surface area contributed by atoms with Gasteiger partial charge < -0.3 is 10.1 Å². The Bertz CT molecular complexity index is 1400. The Morgan fingerprint density at radius 2 is 1.84 bits per heavy atom. The van der Waals surface area contributed by atoms with Gasteiger partial charge in [-0.15, -0.1) is 0 Å². The summed E-state index contributed by atoms with van der Waals surface area (Å²) in [4.78, 5) is 38.9. The molecule has 0 bridgehead atoms. The third kappa shape index (κ3) is 6.96.